The average Bonchev–Trinajstić information content (AvgIpc) is 3.49. The van der Waals surface area contributed by atoms with Crippen LogP contribution in [0.1, 0.15) is 39.4 Å². The zero-order valence-corrected chi connectivity index (χ0v) is 16.5. The number of aromatic carboxylic acids is 1. The van der Waals surface area contributed by atoms with Crippen LogP contribution in [-0.4, -0.2) is 24.1 Å². The number of hydrogen-bond acceptors (Lipinski definition) is 3. The Balaban J connectivity index is 1.51. The van der Waals surface area contributed by atoms with Crippen LogP contribution in [-0.2, 0) is 16.8 Å². The number of ether oxygens (including phenoxy) is 1. The molecular weight excluding hydrogens is 378 g/mol. The van der Waals surface area contributed by atoms with E-state index >= 15 is 0 Å². The summed E-state index contributed by atoms with van der Waals surface area (Å²) < 4.78 is 5.37. The highest BCUT2D eigenvalue weighted by Gasteiger charge is 2.67. The lowest BCUT2D eigenvalue weighted by Gasteiger charge is -2.19. The summed E-state index contributed by atoms with van der Waals surface area (Å²) in [5.74, 6) is 0.00576. The Bertz CT molecular complexity index is 1170. The summed E-state index contributed by atoms with van der Waals surface area (Å²) in [5.41, 5.74) is 3.54. The van der Waals surface area contributed by atoms with Crippen molar-refractivity contribution in [2.24, 2.45) is 0 Å². The van der Waals surface area contributed by atoms with Crippen LogP contribution in [0.15, 0.2) is 72.8 Å². The number of carboxylic acids is 1. The van der Waals surface area contributed by atoms with Crippen LogP contribution >= 0.6 is 0 Å². The Labute approximate surface area is 174 Å². The van der Waals surface area contributed by atoms with E-state index in [9.17, 15) is 14.7 Å². The van der Waals surface area contributed by atoms with Crippen molar-refractivity contribution >= 4 is 17.6 Å². The Hall–Kier alpha value is -3.60. The van der Waals surface area contributed by atoms with Gasteiger partial charge in [0.25, 0.3) is 0 Å². The molecule has 1 saturated carbocycles. The molecule has 0 saturated heterocycles. The molecular formula is C25H21NO4. The molecule has 0 radical (unpaired) electrons. The molecule has 1 aliphatic heterocycles. The van der Waals surface area contributed by atoms with E-state index in [0.717, 1.165) is 34.5 Å². The van der Waals surface area contributed by atoms with E-state index in [2.05, 4.69) is 6.07 Å². The highest BCUT2D eigenvalue weighted by Crippen LogP contribution is 2.66. The van der Waals surface area contributed by atoms with Gasteiger partial charge in [-0.2, -0.15) is 0 Å². The summed E-state index contributed by atoms with van der Waals surface area (Å²) in [4.78, 5) is 26.8. The number of fused-ring (bicyclic) bond motifs is 2. The minimum absolute atomic E-state index is 0.0808. The van der Waals surface area contributed by atoms with Crippen LogP contribution in [0.3, 0.4) is 0 Å². The lowest BCUT2D eigenvalue weighted by molar-refractivity contribution is -0.120. The van der Waals surface area contributed by atoms with Crippen molar-refractivity contribution < 1.29 is 19.4 Å². The molecule has 1 spiro atoms. The summed E-state index contributed by atoms with van der Waals surface area (Å²) >= 11 is 0. The number of benzene rings is 3. The predicted octanol–water partition coefficient (Wildman–Crippen LogP) is 4.37. The maximum atomic E-state index is 13.7. The smallest absolute Gasteiger partial charge is 0.335 e. The zero-order valence-electron chi connectivity index (χ0n) is 16.5. The molecule has 1 N–H and O–H groups in total. The van der Waals surface area contributed by atoms with Crippen LogP contribution in [0.5, 0.6) is 5.75 Å². The van der Waals surface area contributed by atoms with Crippen LogP contribution in [0.4, 0.5) is 5.69 Å². The summed E-state index contributed by atoms with van der Waals surface area (Å²) in [6.45, 7) is 0.351. The molecule has 1 aliphatic carbocycles. The molecule has 0 aromatic heterocycles. The van der Waals surface area contributed by atoms with Gasteiger partial charge in [0.05, 0.1) is 24.6 Å². The van der Waals surface area contributed by atoms with Crippen LogP contribution in [0.2, 0.25) is 0 Å². The van der Waals surface area contributed by atoms with Crippen molar-refractivity contribution in [2.75, 3.05) is 12.0 Å². The van der Waals surface area contributed by atoms with Gasteiger partial charge in [-0.3, -0.25) is 4.79 Å². The first-order valence-corrected chi connectivity index (χ1v) is 9.92. The van der Waals surface area contributed by atoms with Gasteiger partial charge in [0, 0.05) is 11.6 Å². The maximum absolute atomic E-state index is 13.7. The average molecular weight is 399 g/mol. The van der Waals surface area contributed by atoms with Crippen molar-refractivity contribution in [1.82, 2.24) is 0 Å². The fraction of sp³-hybridized carbons (Fsp3) is 0.200. The summed E-state index contributed by atoms with van der Waals surface area (Å²) in [6.07, 6.45) is 0.766. The van der Waals surface area contributed by atoms with E-state index in [4.69, 9.17) is 4.74 Å². The van der Waals surface area contributed by atoms with Gasteiger partial charge in [-0.05, 0) is 53.4 Å². The number of hydrogen-bond donors (Lipinski definition) is 1. The fourth-order valence-corrected chi connectivity index (χ4v) is 4.75. The van der Waals surface area contributed by atoms with Gasteiger partial charge in [0.1, 0.15) is 5.75 Å². The standard InChI is InChI=1S/C25H21NO4/c1-30-19-9-5-7-17(13-19)21-14-25(21)20-10-2-3-11-22(20)26(24(25)29)15-16-6-4-8-18(12-16)23(27)28/h2-13,21H,14-15H2,1H3,(H,27,28)/t21-,25+/m0/s1. The van der Waals surface area contributed by atoms with E-state index in [1.807, 2.05) is 48.5 Å². The first-order valence-electron chi connectivity index (χ1n) is 9.92. The van der Waals surface area contributed by atoms with Gasteiger partial charge in [0.15, 0.2) is 0 Å². The van der Waals surface area contributed by atoms with Crippen LogP contribution in [0.25, 0.3) is 0 Å². The number of nitrogens with zero attached hydrogens (tertiary/aromatic N) is 1. The van der Waals surface area contributed by atoms with Crippen LogP contribution < -0.4 is 9.64 Å². The first kappa shape index (κ1) is 18.4. The molecule has 150 valence electrons. The summed E-state index contributed by atoms with van der Waals surface area (Å²) in [7, 11) is 1.64. The number of methoxy groups -OCH3 is 1. The number of carbonyl (C=O) groups is 2. The van der Waals surface area contributed by atoms with Gasteiger partial charge in [-0.15, -0.1) is 0 Å². The van der Waals surface area contributed by atoms with E-state index in [0.29, 0.717) is 6.54 Å². The van der Waals surface area contributed by atoms with Crippen molar-refractivity contribution in [3.63, 3.8) is 0 Å². The second kappa shape index (κ2) is 6.73. The van der Waals surface area contributed by atoms with E-state index in [1.54, 1.807) is 30.2 Å². The van der Waals surface area contributed by atoms with E-state index < -0.39 is 11.4 Å². The third kappa shape index (κ3) is 2.70. The molecule has 1 heterocycles. The Kier molecular flexibility index (Phi) is 4.13. The molecule has 30 heavy (non-hydrogen) atoms. The van der Waals surface area contributed by atoms with Crippen molar-refractivity contribution in [3.05, 3.63) is 95.1 Å². The maximum Gasteiger partial charge on any atom is 0.335 e. The lowest BCUT2D eigenvalue weighted by Crippen LogP contribution is -2.32. The number of carboxylic acid groups (broad SMARTS) is 1. The lowest BCUT2D eigenvalue weighted by atomic mass is 9.92. The summed E-state index contributed by atoms with van der Waals surface area (Å²) in [6, 6.07) is 22.6. The Morgan fingerprint density at radius 3 is 2.70 bits per heavy atom. The molecule has 5 nitrogen and oxygen atoms in total. The van der Waals surface area contributed by atoms with Crippen molar-refractivity contribution in [2.45, 2.75) is 24.3 Å². The molecule has 3 aromatic rings. The monoisotopic (exact) mass is 399 g/mol. The molecule has 0 unspecified atom stereocenters. The minimum Gasteiger partial charge on any atom is -0.497 e. The molecule has 1 amide bonds. The topological polar surface area (TPSA) is 66.8 Å². The molecule has 3 aromatic carbocycles. The molecule has 0 bridgehead atoms. The normalized spacial score (nSPS) is 21.6. The molecule has 5 heteroatoms. The minimum atomic E-state index is -0.971. The number of anilines is 1. The number of amides is 1. The third-order valence-electron chi connectivity index (χ3n) is 6.27. The van der Waals surface area contributed by atoms with E-state index in [1.165, 1.54) is 0 Å². The highest BCUT2D eigenvalue weighted by molar-refractivity contribution is 6.11. The number of para-hydroxylation sites is 1. The van der Waals surface area contributed by atoms with Crippen molar-refractivity contribution in [3.8, 4) is 5.75 Å². The second-order valence-electron chi connectivity index (χ2n) is 7.92. The second-order valence-corrected chi connectivity index (χ2v) is 7.92. The molecule has 2 aliphatic rings. The summed E-state index contributed by atoms with van der Waals surface area (Å²) in [5, 5.41) is 9.29. The number of rotatable bonds is 5. The highest BCUT2D eigenvalue weighted by atomic mass is 16.5. The van der Waals surface area contributed by atoms with Gasteiger partial charge in [0.2, 0.25) is 5.91 Å². The predicted molar refractivity (Wildman–Crippen MR) is 113 cm³/mol. The first-order chi connectivity index (χ1) is 14.5. The van der Waals surface area contributed by atoms with Gasteiger partial charge >= 0.3 is 5.97 Å². The van der Waals surface area contributed by atoms with Crippen molar-refractivity contribution in [1.29, 1.82) is 0 Å². The quantitative estimate of drug-likeness (QED) is 0.692. The Morgan fingerprint density at radius 2 is 1.90 bits per heavy atom. The molecule has 5 rings (SSSR count). The SMILES string of the molecule is COc1cccc([C@@H]2C[C@]23C(=O)N(Cc2cccc(C(=O)O)c2)c2ccccc23)c1. The van der Waals surface area contributed by atoms with Gasteiger partial charge < -0.3 is 14.7 Å². The van der Waals surface area contributed by atoms with Gasteiger partial charge in [-0.25, -0.2) is 4.79 Å². The molecule has 2 atom stereocenters. The van der Waals surface area contributed by atoms with Gasteiger partial charge in [-0.1, -0.05) is 42.5 Å². The number of carbonyl (C=O) groups excluding carboxylic acids is 1. The van der Waals surface area contributed by atoms with E-state index in [-0.39, 0.29) is 17.4 Å². The largest absolute Gasteiger partial charge is 0.497 e. The molecule has 1 fully saturated rings. The zero-order chi connectivity index (χ0) is 20.9. The third-order valence-corrected chi connectivity index (χ3v) is 6.27. The fourth-order valence-electron chi connectivity index (χ4n) is 4.75. The van der Waals surface area contributed by atoms with Crippen LogP contribution in [0, 0.1) is 0 Å². The Morgan fingerprint density at radius 1 is 1.10 bits per heavy atom.